The molecule has 33 heavy (non-hydrogen) atoms. The molecular formula is C29H38Cl2SiZr. The summed E-state index contributed by atoms with van der Waals surface area (Å²) in [5.74, 6) is 0.665. The Morgan fingerprint density at radius 2 is 1.55 bits per heavy atom. The fourth-order valence-corrected chi connectivity index (χ4v) is 26.2. The molecule has 0 saturated heterocycles. The van der Waals surface area contributed by atoms with Gasteiger partial charge in [0.25, 0.3) is 0 Å². The van der Waals surface area contributed by atoms with Crippen LogP contribution in [-0.2, 0) is 20.4 Å². The Labute approximate surface area is 221 Å². The average Bonchev–Trinajstić information content (AvgIpc) is 3.21. The van der Waals surface area contributed by atoms with Crippen LogP contribution >= 0.6 is 24.8 Å². The van der Waals surface area contributed by atoms with E-state index in [9.17, 15) is 0 Å². The van der Waals surface area contributed by atoms with Crippen LogP contribution in [0.1, 0.15) is 62.2 Å². The zero-order valence-electron chi connectivity index (χ0n) is 21.1. The molecule has 0 saturated carbocycles. The summed E-state index contributed by atoms with van der Waals surface area (Å²) in [4.78, 5) is 0. The first kappa shape index (κ1) is 28.6. The Bertz CT molecular complexity index is 1150. The summed E-state index contributed by atoms with van der Waals surface area (Å²) in [5.41, 5.74) is 12.2. The molecule has 0 bridgehead atoms. The molecule has 2 unspecified atom stereocenters. The van der Waals surface area contributed by atoms with Crippen molar-refractivity contribution in [1.82, 2.24) is 0 Å². The van der Waals surface area contributed by atoms with Crippen molar-refractivity contribution < 1.29 is 20.4 Å². The number of halogens is 2. The molecule has 0 nitrogen and oxygen atoms in total. The van der Waals surface area contributed by atoms with E-state index < -0.39 is 20.4 Å². The van der Waals surface area contributed by atoms with E-state index in [1.807, 2.05) is 3.28 Å². The van der Waals surface area contributed by atoms with Crippen LogP contribution < -0.4 is 0 Å². The van der Waals surface area contributed by atoms with Crippen LogP contribution in [0.15, 0.2) is 74.1 Å². The van der Waals surface area contributed by atoms with E-state index in [1.54, 1.807) is 27.9 Å². The van der Waals surface area contributed by atoms with Crippen molar-refractivity contribution in [1.29, 1.82) is 0 Å². The minimum absolute atomic E-state index is 0. The third-order valence-electron chi connectivity index (χ3n) is 7.53. The SMILES string of the molecule is CCCC1=Cc2c(-c3ccccc3)cccc2[CH]1[Zr]([C]1=C(C)C(C)=C(C)C1C)=[Si](C)C.Cl.Cl. The van der Waals surface area contributed by atoms with Gasteiger partial charge in [0.2, 0.25) is 0 Å². The summed E-state index contributed by atoms with van der Waals surface area (Å²) in [5, 5.41) is 0. The molecule has 0 heterocycles. The monoisotopic (exact) mass is 574 g/mol. The minimum Gasteiger partial charge on any atom is -0.147 e. The van der Waals surface area contributed by atoms with Gasteiger partial charge in [0.15, 0.2) is 0 Å². The zero-order chi connectivity index (χ0) is 22.3. The number of fused-ring (bicyclic) bond motifs is 1. The first-order valence-electron chi connectivity index (χ1n) is 11.8. The third-order valence-corrected chi connectivity index (χ3v) is 26.4. The van der Waals surface area contributed by atoms with Crippen molar-refractivity contribution in [3.63, 3.8) is 0 Å². The van der Waals surface area contributed by atoms with Gasteiger partial charge in [-0.05, 0) is 0 Å². The van der Waals surface area contributed by atoms with E-state index in [4.69, 9.17) is 0 Å². The van der Waals surface area contributed by atoms with Crippen LogP contribution in [0.2, 0.25) is 13.1 Å². The fraction of sp³-hybridized carbons (Fsp3) is 0.379. The number of hydrogen-bond acceptors (Lipinski definition) is 0. The van der Waals surface area contributed by atoms with Crippen LogP contribution in [0.4, 0.5) is 0 Å². The molecule has 0 radical (unpaired) electrons. The smallest absolute Gasteiger partial charge is 0.147 e. The Morgan fingerprint density at radius 1 is 0.879 bits per heavy atom. The van der Waals surface area contributed by atoms with E-state index in [0.717, 1.165) is 3.63 Å². The molecule has 0 aliphatic heterocycles. The molecule has 0 N–H and O–H groups in total. The van der Waals surface area contributed by atoms with Crippen LogP contribution in [0.25, 0.3) is 17.2 Å². The van der Waals surface area contributed by atoms with Gasteiger partial charge in [-0.15, -0.1) is 24.8 Å². The van der Waals surface area contributed by atoms with Gasteiger partial charge < -0.3 is 0 Å². The first-order chi connectivity index (χ1) is 14.9. The van der Waals surface area contributed by atoms with E-state index >= 15 is 0 Å². The molecule has 2 aliphatic rings. The Kier molecular flexibility index (Phi) is 10.3. The second-order valence-corrected chi connectivity index (χ2v) is 26.9. The largest absolute Gasteiger partial charge is 0.147 e. The first-order valence-corrected chi connectivity index (χ1v) is 20.6. The maximum Gasteiger partial charge on any atom is -0.147 e. The standard InChI is InChI=1S/C18H17.C9H13.C2H6Si.2ClH.Zr/c1-2-7-14-12-16-10-6-11-17(18(16)13-14)15-8-4-3-5-9-15;1-6-5-7(2)9(4)8(6)3;1-3-2;;;/h3-6,8-13H,2,7H2,1H3;6H,1-4H3;1-2H3;2*1H;. The molecule has 2 aromatic rings. The number of benzene rings is 2. The van der Waals surface area contributed by atoms with Gasteiger partial charge in [0, 0.05) is 0 Å². The molecule has 4 rings (SSSR count). The zero-order valence-corrected chi connectivity index (χ0v) is 26.2. The van der Waals surface area contributed by atoms with Crippen molar-refractivity contribution >= 4 is 36.3 Å². The van der Waals surface area contributed by atoms with Crippen molar-refractivity contribution in [2.45, 2.75) is 64.2 Å². The van der Waals surface area contributed by atoms with E-state index in [2.05, 4.69) is 102 Å². The topological polar surface area (TPSA) is 0 Å². The van der Waals surface area contributed by atoms with Crippen molar-refractivity contribution in [2.75, 3.05) is 0 Å². The van der Waals surface area contributed by atoms with Gasteiger partial charge in [-0.3, -0.25) is 0 Å². The summed E-state index contributed by atoms with van der Waals surface area (Å²) >= 11 is -1.93. The molecular weight excluding hydrogens is 539 g/mol. The van der Waals surface area contributed by atoms with Gasteiger partial charge in [-0.1, -0.05) is 0 Å². The predicted octanol–water partition coefficient (Wildman–Crippen LogP) is 9.56. The van der Waals surface area contributed by atoms with Crippen LogP contribution in [0, 0.1) is 5.92 Å². The molecule has 176 valence electrons. The van der Waals surface area contributed by atoms with Crippen molar-refractivity contribution in [3.05, 3.63) is 85.2 Å². The summed E-state index contributed by atoms with van der Waals surface area (Å²) in [6.45, 7) is 17.3. The summed E-state index contributed by atoms with van der Waals surface area (Å²) < 4.78 is 2.66. The summed E-state index contributed by atoms with van der Waals surface area (Å²) in [6, 6.07) is 18.1. The van der Waals surface area contributed by atoms with E-state index in [1.165, 1.54) is 29.5 Å². The molecule has 2 aliphatic carbocycles. The molecule has 0 fully saturated rings. The second kappa shape index (κ2) is 11.9. The van der Waals surface area contributed by atoms with Gasteiger partial charge >= 0.3 is 198 Å². The fourth-order valence-electron chi connectivity index (χ4n) is 5.69. The second-order valence-electron chi connectivity index (χ2n) is 9.56. The van der Waals surface area contributed by atoms with Crippen molar-refractivity contribution in [2.24, 2.45) is 5.92 Å². The molecule has 2 atom stereocenters. The average molecular weight is 577 g/mol. The van der Waals surface area contributed by atoms with Gasteiger partial charge in [-0.2, -0.15) is 0 Å². The van der Waals surface area contributed by atoms with E-state index in [-0.39, 0.29) is 30.2 Å². The number of allylic oxidation sites excluding steroid dienone is 5. The molecule has 2 aromatic carbocycles. The Hall–Kier alpha value is -0.660. The molecule has 0 spiro atoms. The quantitative estimate of drug-likeness (QED) is 0.311. The minimum atomic E-state index is -1.93. The Balaban J connectivity index is 0.00000193. The Morgan fingerprint density at radius 3 is 2.09 bits per heavy atom. The predicted molar refractivity (Wildman–Crippen MR) is 150 cm³/mol. The number of hydrogen-bond donors (Lipinski definition) is 0. The van der Waals surface area contributed by atoms with Crippen LogP contribution in [-0.4, -0.2) is 5.43 Å². The van der Waals surface area contributed by atoms with Crippen LogP contribution in [0.3, 0.4) is 0 Å². The van der Waals surface area contributed by atoms with Crippen molar-refractivity contribution in [3.8, 4) is 11.1 Å². The van der Waals surface area contributed by atoms with Gasteiger partial charge in [0.05, 0.1) is 0 Å². The maximum atomic E-state index is 2.62. The third kappa shape index (κ3) is 5.16. The molecule has 4 heteroatoms. The molecule has 0 aromatic heterocycles. The number of rotatable bonds is 5. The van der Waals surface area contributed by atoms with Crippen LogP contribution in [0.5, 0.6) is 0 Å². The normalized spacial score (nSPS) is 19.1. The summed E-state index contributed by atoms with van der Waals surface area (Å²) in [6.07, 6.45) is 5.10. The molecule has 0 amide bonds. The van der Waals surface area contributed by atoms with Gasteiger partial charge in [0.1, 0.15) is 0 Å². The van der Waals surface area contributed by atoms with E-state index in [0.29, 0.717) is 5.92 Å². The van der Waals surface area contributed by atoms with Gasteiger partial charge in [-0.25, -0.2) is 0 Å². The maximum absolute atomic E-state index is 2.62. The summed E-state index contributed by atoms with van der Waals surface area (Å²) in [7, 11) is 0.